The van der Waals surface area contributed by atoms with Gasteiger partial charge in [0.15, 0.2) is 0 Å². The van der Waals surface area contributed by atoms with E-state index in [0.29, 0.717) is 6.04 Å². The molecule has 1 saturated heterocycles. The summed E-state index contributed by atoms with van der Waals surface area (Å²) < 4.78 is 1.24. The molecule has 1 aromatic rings. The molecule has 0 amide bonds. The maximum Gasteiger partial charge on any atom is 0.0510 e. The van der Waals surface area contributed by atoms with Crippen LogP contribution in [0.2, 0.25) is 0 Å². The van der Waals surface area contributed by atoms with Gasteiger partial charge in [0.1, 0.15) is 0 Å². The number of hydrogen-bond acceptors (Lipinski definition) is 2. The Kier molecular flexibility index (Phi) is 6.37. The molecule has 0 spiro atoms. The minimum atomic E-state index is 0.415. The standard InChI is InChI=1S/C17H27BrN2/c1-3-19-14(2)15-9-10-17(16(18)13-15)20-11-7-5-4-6-8-12-20/h9-10,13-14,19H,3-8,11-12H2,1-2H3. The minimum Gasteiger partial charge on any atom is -0.371 e. The van der Waals surface area contributed by atoms with E-state index in [9.17, 15) is 0 Å². The highest BCUT2D eigenvalue weighted by molar-refractivity contribution is 9.10. The zero-order valence-electron chi connectivity index (χ0n) is 12.8. The number of benzene rings is 1. The topological polar surface area (TPSA) is 15.3 Å². The summed E-state index contributed by atoms with van der Waals surface area (Å²) in [4.78, 5) is 2.55. The highest BCUT2D eigenvalue weighted by Crippen LogP contribution is 2.30. The first kappa shape index (κ1) is 15.8. The van der Waals surface area contributed by atoms with E-state index in [4.69, 9.17) is 0 Å². The molecule has 2 nitrogen and oxygen atoms in total. The van der Waals surface area contributed by atoms with E-state index in [2.05, 4.69) is 58.2 Å². The number of rotatable bonds is 4. The summed E-state index contributed by atoms with van der Waals surface area (Å²) in [6.45, 7) is 7.77. The fourth-order valence-corrected chi connectivity index (χ4v) is 3.61. The van der Waals surface area contributed by atoms with E-state index in [-0.39, 0.29) is 0 Å². The van der Waals surface area contributed by atoms with Gasteiger partial charge in [-0.15, -0.1) is 0 Å². The van der Waals surface area contributed by atoms with Crippen LogP contribution in [0.15, 0.2) is 22.7 Å². The van der Waals surface area contributed by atoms with E-state index in [1.807, 2.05) is 0 Å². The Hall–Kier alpha value is -0.540. The van der Waals surface area contributed by atoms with Crippen LogP contribution >= 0.6 is 15.9 Å². The quantitative estimate of drug-likeness (QED) is 0.840. The van der Waals surface area contributed by atoms with Gasteiger partial charge in [-0.3, -0.25) is 0 Å². The Bertz CT molecular complexity index is 411. The van der Waals surface area contributed by atoms with E-state index in [0.717, 1.165) is 6.54 Å². The maximum absolute atomic E-state index is 3.78. The predicted molar refractivity (Wildman–Crippen MR) is 91.5 cm³/mol. The lowest BCUT2D eigenvalue weighted by Crippen LogP contribution is -2.27. The molecule has 0 bridgehead atoms. The highest BCUT2D eigenvalue weighted by Gasteiger charge is 2.13. The van der Waals surface area contributed by atoms with Crippen LogP contribution in [0.1, 0.15) is 57.6 Å². The second-order valence-corrected chi connectivity index (χ2v) is 6.60. The third-order valence-corrected chi connectivity index (χ3v) is 4.81. The largest absolute Gasteiger partial charge is 0.371 e. The fraction of sp³-hybridized carbons (Fsp3) is 0.647. The van der Waals surface area contributed by atoms with Crippen molar-refractivity contribution in [1.29, 1.82) is 0 Å². The molecular formula is C17H27BrN2. The SMILES string of the molecule is CCNC(C)c1ccc(N2CCCCCCC2)c(Br)c1. The van der Waals surface area contributed by atoms with E-state index >= 15 is 0 Å². The molecule has 0 radical (unpaired) electrons. The van der Waals surface area contributed by atoms with Crippen molar-refractivity contribution in [3.8, 4) is 0 Å². The zero-order chi connectivity index (χ0) is 14.4. The van der Waals surface area contributed by atoms with Crippen LogP contribution in [0.25, 0.3) is 0 Å². The van der Waals surface area contributed by atoms with Crippen molar-refractivity contribution >= 4 is 21.6 Å². The molecule has 1 N–H and O–H groups in total. The Balaban J connectivity index is 2.11. The summed E-state index contributed by atoms with van der Waals surface area (Å²) in [5.74, 6) is 0. The van der Waals surface area contributed by atoms with Crippen LogP contribution in [0.3, 0.4) is 0 Å². The minimum absolute atomic E-state index is 0.415. The number of nitrogens with one attached hydrogen (secondary N) is 1. The fourth-order valence-electron chi connectivity index (χ4n) is 2.96. The molecule has 1 aliphatic rings. The first-order valence-corrected chi connectivity index (χ1v) is 8.79. The van der Waals surface area contributed by atoms with Gasteiger partial charge in [0, 0.05) is 23.6 Å². The van der Waals surface area contributed by atoms with Crippen LogP contribution in [0, 0.1) is 0 Å². The maximum atomic E-state index is 3.78. The second kappa shape index (κ2) is 8.04. The lowest BCUT2D eigenvalue weighted by molar-refractivity contribution is 0.556. The summed E-state index contributed by atoms with van der Waals surface area (Å²) in [5, 5.41) is 3.47. The van der Waals surface area contributed by atoms with Crippen LogP contribution in [0.5, 0.6) is 0 Å². The molecule has 2 rings (SSSR count). The van der Waals surface area contributed by atoms with Gasteiger partial charge < -0.3 is 10.2 Å². The lowest BCUT2D eigenvalue weighted by atomic mass is 10.1. The molecule has 1 fully saturated rings. The van der Waals surface area contributed by atoms with Crippen molar-refractivity contribution in [1.82, 2.24) is 5.32 Å². The predicted octanol–water partition coefficient (Wildman–Crippen LogP) is 4.89. The van der Waals surface area contributed by atoms with Gasteiger partial charge in [0.2, 0.25) is 0 Å². The van der Waals surface area contributed by atoms with E-state index < -0.39 is 0 Å². The van der Waals surface area contributed by atoms with E-state index in [1.54, 1.807) is 0 Å². The number of anilines is 1. The first-order valence-electron chi connectivity index (χ1n) is 8.00. The Labute approximate surface area is 132 Å². The Morgan fingerprint density at radius 3 is 2.40 bits per heavy atom. The molecule has 3 heteroatoms. The molecule has 1 unspecified atom stereocenters. The van der Waals surface area contributed by atoms with Gasteiger partial charge in [0.05, 0.1) is 5.69 Å². The molecule has 112 valence electrons. The summed E-state index contributed by atoms with van der Waals surface area (Å²) in [6.07, 6.45) is 6.81. The van der Waals surface area contributed by atoms with Gasteiger partial charge >= 0.3 is 0 Å². The summed E-state index contributed by atoms with van der Waals surface area (Å²) in [7, 11) is 0. The monoisotopic (exact) mass is 338 g/mol. The van der Waals surface area contributed by atoms with Crippen LogP contribution < -0.4 is 10.2 Å². The molecule has 1 atom stereocenters. The second-order valence-electron chi connectivity index (χ2n) is 5.75. The van der Waals surface area contributed by atoms with E-state index in [1.165, 1.54) is 60.9 Å². The van der Waals surface area contributed by atoms with Crippen LogP contribution in [0.4, 0.5) is 5.69 Å². The number of hydrogen-bond donors (Lipinski definition) is 1. The average molecular weight is 339 g/mol. The van der Waals surface area contributed by atoms with Crippen LogP contribution in [-0.4, -0.2) is 19.6 Å². The molecule has 0 aliphatic carbocycles. The summed E-state index contributed by atoms with van der Waals surface area (Å²) in [5.41, 5.74) is 2.72. The van der Waals surface area contributed by atoms with Gasteiger partial charge in [0.25, 0.3) is 0 Å². The molecule has 1 aromatic carbocycles. The lowest BCUT2D eigenvalue weighted by Gasteiger charge is -2.28. The van der Waals surface area contributed by atoms with Crippen molar-refractivity contribution in [3.05, 3.63) is 28.2 Å². The number of nitrogens with zero attached hydrogens (tertiary/aromatic N) is 1. The normalized spacial score (nSPS) is 18.4. The Morgan fingerprint density at radius 2 is 1.80 bits per heavy atom. The summed E-state index contributed by atoms with van der Waals surface area (Å²) in [6, 6.07) is 7.25. The van der Waals surface area contributed by atoms with Crippen molar-refractivity contribution in [2.24, 2.45) is 0 Å². The third kappa shape index (κ3) is 4.23. The molecule has 1 aliphatic heterocycles. The molecular weight excluding hydrogens is 312 g/mol. The summed E-state index contributed by atoms with van der Waals surface area (Å²) >= 11 is 3.78. The zero-order valence-corrected chi connectivity index (χ0v) is 14.4. The van der Waals surface area contributed by atoms with Crippen molar-refractivity contribution < 1.29 is 0 Å². The van der Waals surface area contributed by atoms with Gasteiger partial charge in [-0.25, -0.2) is 0 Å². The van der Waals surface area contributed by atoms with Gasteiger partial charge in [-0.2, -0.15) is 0 Å². The average Bonchev–Trinajstić information content (AvgIpc) is 2.39. The molecule has 20 heavy (non-hydrogen) atoms. The van der Waals surface area contributed by atoms with Gasteiger partial charge in [-0.05, 0) is 59.9 Å². The number of halogens is 1. The molecule has 0 saturated carbocycles. The smallest absolute Gasteiger partial charge is 0.0510 e. The van der Waals surface area contributed by atoms with Crippen LogP contribution in [-0.2, 0) is 0 Å². The molecule has 0 aromatic heterocycles. The van der Waals surface area contributed by atoms with Crippen molar-refractivity contribution in [3.63, 3.8) is 0 Å². The van der Waals surface area contributed by atoms with Crippen molar-refractivity contribution in [2.45, 2.75) is 52.0 Å². The Morgan fingerprint density at radius 1 is 1.15 bits per heavy atom. The third-order valence-electron chi connectivity index (χ3n) is 4.18. The first-order chi connectivity index (χ1) is 9.72. The van der Waals surface area contributed by atoms with Crippen molar-refractivity contribution in [2.75, 3.05) is 24.5 Å². The van der Waals surface area contributed by atoms with Gasteiger partial charge in [-0.1, -0.05) is 32.3 Å². The highest BCUT2D eigenvalue weighted by atomic mass is 79.9. The molecule has 1 heterocycles.